The molecule has 3 rings (SSSR count). The number of hydrogen-bond acceptors (Lipinski definition) is 3. The van der Waals surface area contributed by atoms with Crippen LogP contribution in [0.25, 0.3) is 0 Å². The maximum atomic E-state index is 5.97. The zero-order valence-electron chi connectivity index (χ0n) is 13.2. The maximum Gasteiger partial charge on any atom is 0.122 e. The summed E-state index contributed by atoms with van der Waals surface area (Å²) in [5.41, 5.74) is 3.07. The molecule has 1 aromatic rings. The second-order valence-corrected chi connectivity index (χ2v) is 6.57. The van der Waals surface area contributed by atoms with E-state index < -0.39 is 0 Å². The second kappa shape index (κ2) is 6.99. The average Bonchev–Trinajstić information content (AvgIpc) is 3.05. The van der Waals surface area contributed by atoms with E-state index >= 15 is 0 Å². The van der Waals surface area contributed by atoms with Gasteiger partial charge in [0.15, 0.2) is 0 Å². The molecule has 1 aromatic carbocycles. The van der Waals surface area contributed by atoms with Gasteiger partial charge in [-0.1, -0.05) is 12.1 Å². The summed E-state index contributed by atoms with van der Waals surface area (Å²) in [6, 6.07) is 6.42. The molecule has 4 heteroatoms. The maximum absolute atomic E-state index is 5.97. The molecule has 1 unspecified atom stereocenters. The fourth-order valence-electron chi connectivity index (χ4n) is 3.51. The fourth-order valence-corrected chi connectivity index (χ4v) is 3.51. The van der Waals surface area contributed by atoms with E-state index in [0.29, 0.717) is 5.41 Å². The highest BCUT2D eigenvalue weighted by atomic mass is 35.5. The van der Waals surface area contributed by atoms with Gasteiger partial charge in [0.25, 0.3) is 0 Å². The minimum atomic E-state index is 0. The van der Waals surface area contributed by atoms with Crippen LogP contribution in [-0.2, 0) is 0 Å². The largest absolute Gasteiger partial charge is 0.492 e. The predicted octanol–water partition coefficient (Wildman–Crippen LogP) is 2.79. The quantitative estimate of drug-likeness (QED) is 0.925. The van der Waals surface area contributed by atoms with Crippen LogP contribution in [0.4, 0.5) is 0 Å². The van der Waals surface area contributed by atoms with E-state index in [0.717, 1.165) is 18.9 Å². The zero-order valence-corrected chi connectivity index (χ0v) is 14.0. The Morgan fingerprint density at radius 2 is 2.14 bits per heavy atom. The molecule has 1 spiro atoms. The van der Waals surface area contributed by atoms with Crippen LogP contribution in [0.1, 0.15) is 24.0 Å². The lowest BCUT2D eigenvalue weighted by Gasteiger charge is -2.23. The first-order valence-corrected chi connectivity index (χ1v) is 7.80. The number of rotatable bonds is 4. The second-order valence-electron chi connectivity index (χ2n) is 6.57. The molecular formula is C17H27ClN2O. The van der Waals surface area contributed by atoms with Crippen molar-refractivity contribution in [2.24, 2.45) is 5.41 Å². The standard InChI is InChI=1S/C17H26N2O.ClH/c1-14-3-4-15(2)16(11-14)20-10-9-19-8-6-17(13-19)5-7-18-12-17;/h3-4,11,18H,5-10,12-13H2,1-2H3;1H. The van der Waals surface area contributed by atoms with E-state index in [2.05, 4.69) is 42.3 Å². The number of nitrogens with zero attached hydrogens (tertiary/aromatic N) is 1. The molecule has 2 fully saturated rings. The summed E-state index contributed by atoms with van der Waals surface area (Å²) in [5.74, 6) is 1.04. The third-order valence-electron chi connectivity index (χ3n) is 4.86. The minimum Gasteiger partial charge on any atom is -0.492 e. The SMILES string of the molecule is Cc1ccc(C)c(OCCN2CCC3(CCNC3)C2)c1.Cl. The highest BCUT2D eigenvalue weighted by molar-refractivity contribution is 5.85. The molecule has 2 aliphatic heterocycles. The number of hydrogen-bond donors (Lipinski definition) is 1. The van der Waals surface area contributed by atoms with Crippen LogP contribution in [0.2, 0.25) is 0 Å². The van der Waals surface area contributed by atoms with Crippen molar-refractivity contribution in [1.29, 1.82) is 0 Å². The first-order chi connectivity index (χ1) is 9.67. The molecule has 0 aromatic heterocycles. The molecule has 2 aliphatic rings. The zero-order chi connectivity index (χ0) is 14.0. The number of benzene rings is 1. The summed E-state index contributed by atoms with van der Waals surface area (Å²) in [4.78, 5) is 2.57. The van der Waals surface area contributed by atoms with Gasteiger partial charge >= 0.3 is 0 Å². The highest BCUT2D eigenvalue weighted by Crippen LogP contribution is 2.35. The Kier molecular flexibility index (Phi) is 5.53. The Bertz CT molecular complexity index is 472. The summed E-state index contributed by atoms with van der Waals surface area (Å²) < 4.78 is 5.97. The van der Waals surface area contributed by atoms with Crippen molar-refractivity contribution in [2.45, 2.75) is 26.7 Å². The van der Waals surface area contributed by atoms with Crippen molar-refractivity contribution in [3.8, 4) is 5.75 Å². The molecule has 21 heavy (non-hydrogen) atoms. The third-order valence-corrected chi connectivity index (χ3v) is 4.86. The van der Waals surface area contributed by atoms with Gasteiger partial charge in [-0.25, -0.2) is 0 Å². The van der Waals surface area contributed by atoms with Gasteiger partial charge in [0.1, 0.15) is 12.4 Å². The number of likely N-dealkylation sites (tertiary alicyclic amines) is 1. The number of aryl methyl sites for hydroxylation is 2. The van der Waals surface area contributed by atoms with Gasteiger partial charge in [-0.2, -0.15) is 0 Å². The van der Waals surface area contributed by atoms with Crippen LogP contribution in [0.5, 0.6) is 5.75 Å². The summed E-state index contributed by atoms with van der Waals surface area (Å²) >= 11 is 0. The molecule has 1 N–H and O–H groups in total. The van der Waals surface area contributed by atoms with Gasteiger partial charge < -0.3 is 10.1 Å². The molecule has 2 heterocycles. The molecule has 1 atom stereocenters. The Balaban J connectivity index is 0.00000161. The third kappa shape index (κ3) is 3.91. The van der Waals surface area contributed by atoms with Gasteiger partial charge in [-0.3, -0.25) is 4.90 Å². The first-order valence-electron chi connectivity index (χ1n) is 7.80. The van der Waals surface area contributed by atoms with E-state index in [1.165, 1.54) is 50.1 Å². The van der Waals surface area contributed by atoms with E-state index in [9.17, 15) is 0 Å². The van der Waals surface area contributed by atoms with E-state index in [1.54, 1.807) is 0 Å². The fraction of sp³-hybridized carbons (Fsp3) is 0.647. The predicted molar refractivity (Wildman–Crippen MR) is 89.6 cm³/mol. The Labute approximate surface area is 134 Å². The molecular weight excluding hydrogens is 284 g/mol. The number of halogens is 1. The molecule has 118 valence electrons. The van der Waals surface area contributed by atoms with Crippen LogP contribution >= 0.6 is 12.4 Å². The van der Waals surface area contributed by atoms with Gasteiger partial charge in [-0.05, 0) is 62.4 Å². The summed E-state index contributed by atoms with van der Waals surface area (Å²) in [7, 11) is 0. The van der Waals surface area contributed by atoms with Crippen LogP contribution in [-0.4, -0.2) is 44.2 Å². The lowest BCUT2D eigenvalue weighted by atomic mass is 9.87. The Hall–Kier alpha value is -0.770. The lowest BCUT2D eigenvalue weighted by Crippen LogP contribution is -2.31. The highest BCUT2D eigenvalue weighted by Gasteiger charge is 2.39. The summed E-state index contributed by atoms with van der Waals surface area (Å²) in [5, 5.41) is 3.51. The summed E-state index contributed by atoms with van der Waals surface area (Å²) in [6.45, 7) is 11.0. The van der Waals surface area contributed by atoms with Crippen molar-refractivity contribution in [2.75, 3.05) is 39.3 Å². The van der Waals surface area contributed by atoms with Gasteiger partial charge in [0.05, 0.1) is 0 Å². The molecule has 2 saturated heterocycles. The van der Waals surface area contributed by atoms with E-state index in [4.69, 9.17) is 4.74 Å². The molecule has 3 nitrogen and oxygen atoms in total. The van der Waals surface area contributed by atoms with Crippen LogP contribution < -0.4 is 10.1 Å². The van der Waals surface area contributed by atoms with E-state index in [-0.39, 0.29) is 12.4 Å². The van der Waals surface area contributed by atoms with Gasteiger partial charge in [0, 0.05) is 19.6 Å². The van der Waals surface area contributed by atoms with Crippen molar-refractivity contribution < 1.29 is 4.74 Å². The van der Waals surface area contributed by atoms with Gasteiger partial charge in [-0.15, -0.1) is 12.4 Å². The minimum absolute atomic E-state index is 0. The molecule has 0 radical (unpaired) electrons. The Morgan fingerprint density at radius 1 is 1.29 bits per heavy atom. The normalized spacial score (nSPS) is 25.2. The Morgan fingerprint density at radius 3 is 2.90 bits per heavy atom. The van der Waals surface area contributed by atoms with Crippen LogP contribution in [0, 0.1) is 19.3 Å². The monoisotopic (exact) mass is 310 g/mol. The topological polar surface area (TPSA) is 24.5 Å². The number of ether oxygens (including phenoxy) is 1. The summed E-state index contributed by atoms with van der Waals surface area (Å²) in [6.07, 6.45) is 2.70. The number of nitrogens with one attached hydrogen (secondary N) is 1. The van der Waals surface area contributed by atoms with Crippen LogP contribution in [0.15, 0.2) is 18.2 Å². The molecule has 0 bridgehead atoms. The molecule has 0 saturated carbocycles. The van der Waals surface area contributed by atoms with E-state index in [1.807, 2.05) is 0 Å². The van der Waals surface area contributed by atoms with Gasteiger partial charge in [0.2, 0.25) is 0 Å². The molecule has 0 amide bonds. The van der Waals surface area contributed by atoms with Crippen molar-refractivity contribution >= 4 is 12.4 Å². The van der Waals surface area contributed by atoms with Crippen LogP contribution in [0.3, 0.4) is 0 Å². The lowest BCUT2D eigenvalue weighted by molar-refractivity contribution is 0.217. The first kappa shape index (κ1) is 16.6. The molecule has 0 aliphatic carbocycles. The van der Waals surface area contributed by atoms with Crippen molar-refractivity contribution in [1.82, 2.24) is 10.2 Å². The average molecular weight is 311 g/mol. The van der Waals surface area contributed by atoms with Crippen molar-refractivity contribution in [3.05, 3.63) is 29.3 Å². The smallest absolute Gasteiger partial charge is 0.122 e. The van der Waals surface area contributed by atoms with Crippen molar-refractivity contribution in [3.63, 3.8) is 0 Å².